The van der Waals surface area contributed by atoms with Gasteiger partial charge in [0.25, 0.3) is 0 Å². The number of hydrogen-bond donors (Lipinski definition) is 2. The highest BCUT2D eigenvalue weighted by Crippen LogP contribution is 2.64. The molecule has 25 heavy (non-hydrogen) atoms. The summed E-state index contributed by atoms with van der Waals surface area (Å²) >= 11 is 1.96. The Morgan fingerprint density at radius 2 is 1.96 bits per heavy atom. The smallest absolute Gasteiger partial charge is 0.0661 e. The van der Waals surface area contributed by atoms with E-state index >= 15 is 0 Å². The van der Waals surface area contributed by atoms with Gasteiger partial charge in [-0.2, -0.15) is 11.8 Å². The SMILES string of the molecule is CSC(C)C1=CCC2C3=CC=C4C[C@@H](O)C[C@H](O)[C@]4(C)C3CC[C@]12C. The molecular weight excluding hydrogens is 328 g/mol. The van der Waals surface area contributed by atoms with Gasteiger partial charge in [0.15, 0.2) is 0 Å². The Morgan fingerprint density at radius 1 is 1.20 bits per heavy atom. The van der Waals surface area contributed by atoms with E-state index in [2.05, 4.69) is 45.3 Å². The normalized spacial score (nSPS) is 47.0. The van der Waals surface area contributed by atoms with E-state index in [0.717, 1.165) is 19.3 Å². The van der Waals surface area contributed by atoms with E-state index in [1.807, 2.05) is 11.8 Å². The molecule has 0 saturated heterocycles. The zero-order valence-electron chi connectivity index (χ0n) is 16.0. The fraction of sp³-hybridized carbons (Fsp3) is 0.727. The molecule has 3 unspecified atom stereocenters. The second-order valence-corrected chi connectivity index (χ2v) is 10.3. The van der Waals surface area contributed by atoms with Gasteiger partial charge in [0.1, 0.15) is 0 Å². The van der Waals surface area contributed by atoms with Crippen LogP contribution in [-0.4, -0.2) is 33.9 Å². The Bertz CT molecular complexity index is 663. The minimum Gasteiger partial charge on any atom is -0.393 e. The molecule has 0 bridgehead atoms. The number of hydrogen-bond acceptors (Lipinski definition) is 3. The van der Waals surface area contributed by atoms with Crippen LogP contribution >= 0.6 is 11.8 Å². The fourth-order valence-corrected chi connectivity index (χ4v) is 7.04. The van der Waals surface area contributed by atoms with Gasteiger partial charge in [-0.1, -0.05) is 48.8 Å². The molecule has 2 saturated carbocycles. The van der Waals surface area contributed by atoms with Gasteiger partial charge < -0.3 is 10.2 Å². The van der Waals surface area contributed by atoms with E-state index in [9.17, 15) is 10.2 Å². The zero-order chi connectivity index (χ0) is 18.0. The number of rotatable bonds is 2. The first-order chi connectivity index (χ1) is 11.8. The molecule has 0 amide bonds. The van der Waals surface area contributed by atoms with Crippen LogP contribution in [0, 0.1) is 22.7 Å². The molecule has 0 heterocycles. The summed E-state index contributed by atoms with van der Waals surface area (Å²) in [6.07, 6.45) is 13.3. The lowest BCUT2D eigenvalue weighted by molar-refractivity contribution is -0.0489. The van der Waals surface area contributed by atoms with Crippen molar-refractivity contribution < 1.29 is 10.2 Å². The molecular formula is C22H32O2S. The highest BCUT2D eigenvalue weighted by molar-refractivity contribution is 7.99. The summed E-state index contributed by atoms with van der Waals surface area (Å²) < 4.78 is 0. The Kier molecular flexibility index (Phi) is 4.29. The number of aliphatic hydroxyl groups excluding tert-OH is 2. The average Bonchev–Trinajstić information content (AvgIpc) is 2.93. The lowest BCUT2D eigenvalue weighted by atomic mass is 9.50. The summed E-state index contributed by atoms with van der Waals surface area (Å²) in [4.78, 5) is 0. The Balaban J connectivity index is 1.72. The number of thioether (sulfide) groups is 1. The molecule has 3 heteroatoms. The Labute approximate surface area is 156 Å². The van der Waals surface area contributed by atoms with Crippen molar-refractivity contribution in [3.63, 3.8) is 0 Å². The molecule has 0 radical (unpaired) electrons. The third-order valence-electron chi connectivity index (χ3n) is 8.09. The van der Waals surface area contributed by atoms with Crippen LogP contribution in [0.3, 0.4) is 0 Å². The summed E-state index contributed by atoms with van der Waals surface area (Å²) in [6, 6.07) is 0. The first kappa shape index (κ1) is 17.9. The molecule has 4 aliphatic carbocycles. The van der Waals surface area contributed by atoms with Crippen molar-refractivity contribution in [3.8, 4) is 0 Å². The quantitative estimate of drug-likeness (QED) is 0.713. The van der Waals surface area contributed by atoms with Crippen LogP contribution in [-0.2, 0) is 0 Å². The molecule has 0 aromatic heterocycles. The summed E-state index contributed by atoms with van der Waals surface area (Å²) in [5.41, 5.74) is 4.57. The molecule has 4 aliphatic rings. The summed E-state index contributed by atoms with van der Waals surface area (Å²) in [7, 11) is 0. The molecule has 2 N–H and O–H groups in total. The number of aliphatic hydroxyl groups is 2. The van der Waals surface area contributed by atoms with Gasteiger partial charge in [-0.25, -0.2) is 0 Å². The summed E-state index contributed by atoms with van der Waals surface area (Å²) in [6.45, 7) is 7.07. The molecule has 0 aromatic carbocycles. The molecule has 2 fully saturated rings. The maximum Gasteiger partial charge on any atom is 0.0661 e. The Hall–Kier alpha value is -0.510. The van der Waals surface area contributed by atoms with Crippen molar-refractivity contribution in [2.45, 2.75) is 70.3 Å². The van der Waals surface area contributed by atoms with Crippen LogP contribution in [0.25, 0.3) is 0 Å². The molecule has 0 aliphatic heterocycles. The lowest BCUT2D eigenvalue weighted by Crippen LogP contribution is -2.52. The third-order valence-corrected chi connectivity index (χ3v) is 9.05. The van der Waals surface area contributed by atoms with Crippen molar-refractivity contribution in [1.29, 1.82) is 0 Å². The maximum absolute atomic E-state index is 10.9. The van der Waals surface area contributed by atoms with Gasteiger partial charge in [-0.15, -0.1) is 0 Å². The Morgan fingerprint density at radius 3 is 2.68 bits per heavy atom. The summed E-state index contributed by atoms with van der Waals surface area (Å²) in [5.74, 6) is 1.02. The van der Waals surface area contributed by atoms with Crippen LogP contribution in [0.2, 0.25) is 0 Å². The standard InChI is InChI=1S/C22H32O2S/c1-13(25-4)17-7-8-18-16-6-5-14-11-15(23)12-20(24)22(14,3)19(16)9-10-21(17,18)2/h5-7,13,15,18-20,23-24H,8-12H2,1-4H3/t13?,15-,18?,19?,20+,21-,22+/m1/s1. The fourth-order valence-electron chi connectivity index (χ4n) is 6.43. The molecule has 7 atom stereocenters. The molecule has 2 nitrogen and oxygen atoms in total. The van der Waals surface area contributed by atoms with Crippen LogP contribution in [0.4, 0.5) is 0 Å². The largest absolute Gasteiger partial charge is 0.393 e. The van der Waals surface area contributed by atoms with Crippen LogP contribution in [0.5, 0.6) is 0 Å². The van der Waals surface area contributed by atoms with E-state index in [-0.39, 0.29) is 16.9 Å². The van der Waals surface area contributed by atoms with Gasteiger partial charge in [0.2, 0.25) is 0 Å². The van der Waals surface area contributed by atoms with Gasteiger partial charge in [-0.05, 0) is 56.1 Å². The van der Waals surface area contributed by atoms with E-state index in [1.54, 1.807) is 11.1 Å². The predicted octanol–water partition coefficient (Wildman–Crippen LogP) is 4.49. The van der Waals surface area contributed by atoms with Crippen molar-refractivity contribution in [2.24, 2.45) is 22.7 Å². The van der Waals surface area contributed by atoms with E-state index in [1.165, 1.54) is 12.0 Å². The van der Waals surface area contributed by atoms with Crippen molar-refractivity contribution in [1.82, 2.24) is 0 Å². The number of fused-ring (bicyclic) bond motifs is 5. The topological polar surface area (TPSA) is 40.5 Å². The maximum atomic E-state index is 10.9. The van der Waals surface area contributed by atoms with E-state index in [0.29, 0.717) is 23.5 Å². The highest BCUT2D eigenvalue weighted by Gasteiger charge is 2.56. The first-order valence-corrected chi connectivity index (χ1v) is 11.1. The second kappa shape index (κ2) is 6.00. The van der Waals surface area contributed by atoms with Gasteiger partial charge in [-0.3, -0.25) is 0 Å². The predicted molar refractivity (Wildman–Crippen MR) is 106 cm³/mol. The number of allylic oxidation sites excluding steroid dienone is 4. The van der Waals surface area contributed by atoms with E-state index < -0.39 is 6.10 Å². The third kappa shape index (κ3) is 2.38. The highest BCUT2D eigenvalue weighted by atomic mass is 32.2. The van der Waals surface area contributed by atoms with E-state index in [4.69, 9.17) is 0 Å². The average molecular weight is 361 g/mol. The van der Waals surface area contributed by atoms with Crippen molar-refractivity contribution in [3.05, 3.63) is 34.9 Å². The zero-order valence-corrected chi connectivity index (χ0v) is 16.8. The van der Waals surface area contributed by atoms with Gasteiger partial charge in [0.05, 0.1) is 12.2 Å². The monoisotopic (exact) mass is 360 g/mol. The van der Waals surface area contributed by atoms with Crippen LogP contribution in [0.15, 0.2) is 34.9 Å². The minimum atomic E-state index is -0.431. The van der Waals surface area contributed by atoms with Crippen LogP contribution in [0.1, 0.15) is 52.9 Å². The molecule has 0 spiro atoms. The van der Waals surface area contributed by atoms with Crippen molar-refractivity contribution in [2.75, 3.05) is 6.26 Å². The molecule has 0 aromatic rings. The van der Waals surface area contributed by atoms with Crippen LogP contribution < -0.4 is 0 Å². The molecule has 138 valence electrons. The summed E-state index contributed by atoms with van der Waals surface area (Å²) in [5, 5.41) is 21.6. The second-order valence-electron chi connectivity index (χ2n) is 9.09. The molecule has 4 rings (SSSR count). The first-order valence-electron chi connectivity index (χ1n) is 9.83. The minimum absolute atomic E-state index is 0.182. The van der Waals surface area contributed by atoms with Gasteiger partial charge >= 0.3 is 0 Å². The van der Waals surface area contributed by atoms with Gasteiger partial charge in [0, 0.05) is 17.1 Å². The lowest BCUT2D eigenvalue weighted by Gasteiger charge is -2.56. The van der Waals surface area contributed by atoms with Crippen molar-refractivity contribution >= 4 is 11.8 Å².